The minimum absolute atomic E-state index is 0.211. The Balaban J connectivity index is 1.80. The van der Waals surface area contributed by atoms with Crippen molar-refractivity contribution in [1.82, 2.24) is 0 Å². The number of ether oxygens (including phenoxy) is 3. The third kappa shape index (κ3) is 3.54. The lowest BCUT2D eigenvalue weighted by Gasteiger charge is -2.11. The molecule has 1 saturated heterocycles. The average Bonchev–Trinajstić information content (AvgIpc) is 2.95. The van der Waals surface area contributed by atoms with Crippen molar-refractivity contribution in [3.8, 4) is 0 Å². The molecular weight excluding hydrogens is 248 g/mol. The standard InChI is InChI=1S/C14H16O5/c1-17-13(15)11-7-8-12(19-11)14(16)18-9-10-5-3-2-4-6-10/h2-6,11-12H,7-9H2,1H3/t11-,12+/m0/s1. The highest BCUT2D eigenvalue weighted by atomic mass is 16.6. The largest absolute Gasteiger partial charge is 0.467 e. The smallest absolute Gasteiger partial charge is 0.335 e. The lowest BCUT2D eigenvalue weighted by molar-refractivity contribution is -0.164. The molecule has 0 aromatic heterocycles. The summed E-state index contributed by atoms with van der Waals surface area (Å²) in [6.07, 6.45) is -0.363. The van der Waals surface area contributed by atoms with Crippen molar-refractivity contribution >= 4 is 11.9 Å². The summed E-state index contributed by atoms with van der Waals surface area (Å²) in [5.41, 5.74) is 0.915. The monoisotopic (exact) mass is 264 g/mol. The molecule has 1 aromatic rings. The number of hydrogen-bond donors (Lipinski definition) is 0. The highest BCUT2D eigenvalue weighted by Crippen LogP contribution is 2.22. The molecule has 5 heteroatoms. The van der Waals surface area contributed by atoms with Gasteiger partial charge in [-0.25, -0.2) is 9.59 Å². The summed E-state index contributed by atoms with van der Waals surface area (Å²) in [5, 5.41) is 0. The van der Waals surface area contributed by atoms with E-state index in [0.29, 0.717) is 12.8 Å². The van der Waals surface area contributed by atoms with Crippen molar-refractivity contribution in [2.75, 3.05) is 7.11 Å². The van der Waals surface area contributed by atoms with Crippen LogP contribution in [-0.4, -0.2) is 31.3 Å². The maximum Gasteiger partial charge on any atom is 0.335 e. The molecule has 0 unspecified atom stereocenters. The van der Waals surface area contributed by atoms with Gasteiger partial charge in [0.05, 0.1) is 7.11 Å². The van der Waals surface area contributed by atoms with E-state index < -0.39 is 24.1 Å². The van der Waals surface area contributed by atoms with Gasteiger partial charge in [0.2, 0.25) is 0 Å². The van der Waals surface area contributed by atoms with Crippen LogP contribution >= 0.6 is 0 Å². The van der Waals surface area contributed by atoms with Gasteiger partial charge in [0.25, 0.3) is 0 Å². The van der Waals surface area contributed by atoms with E-state index in [1.54, 1.807) is 0 Å². The Kier molecular flexibility index (Phi) is 4.52. The Bertz CT molecular complexity index is 442. The summed E-state index contributed by atoms with van der Waals surface area (Å²) in [6.45, 7) is 0.211. The molecule has 1 aliphatic rings. The Morgan fingerprint density at radius 2 is 1.79 bits per heavy atom. The van der Waals surface area contributed by atoms with Gasteiger partial charge >= 0.3 is 11.9 Å². The highest BCUT2D eigenvalue weighted by Gasteiger charge is 2.36. The molecule has 0 aliphatic carbocycles. The molecule has 1 heterocycles. The second-order valence-electron chi connectivity index (χ2n) is 4.31. The maximum atomic E-state index is 11.8. The molecule has 102 valence electrons. The number of hydrogen-bond acceptors (Lipinski definition) is 5. The van der Waals surface area contributed by atoms with E-state index >= 15 is 0 Å². The van der Waals surface area contributed by atoms with Gasteiger partial charge in [-0.05, 0) is 18.4 Å². The van der Waals surface area contributed by atoms with Gasteiger partial charge < -0.3 is 14.2 Å². The van der Waals surface area contributed by atoms with E-state index in [9.17, 15) is 9.59 Å². The topological polar surface area (TPSA) is 61.8 Å². The van der Waals surface area contributed by atoms with Crippen molar-refractivity contribution in [3.63, 3.8) is 0 Å². The summed E-state index contributed by atoms with van der Waals surface area (Å²) >= 11 is 0. The zero-order chi connectivity index (χ0) is 13.7. The molecule has 19 heavy (non-hydrogen) atoms. The molecule has 1 aliphatic heterocycles. The van der Waals surface area contributed by atoms with E-state index in [4.69, 9.17) is 9.47 Å². The van der Waals surface area contributed by atoms with E-state index in [2.05, 4.69) is 4.74 Å². The van der Waals surface area contributed by atoms with Gasteiger partial charge in [0.1, 0.15) is 6.61 Å². The quantitative estimate of drug-likeness (QED) is 0.770. The van der Waals surface area contributed by atoms with Crippen LogP contribution in [0.3, 0.4) is 0 Å². The molecular formula is C14H16O5. The van der Waals surface area contributed by atoms with Crippen LogP contribution in [0.4, 0.5) is 0 Å². The first-order valence-corrected chi connectivity index (χ1v) is 6.14. The van der Waals surface area contributed by atoms with E-state index in [-0.39, 0.29) is 6.61 Å². The Morgan fingerprint density at radius 1 is 1.16 bits per heavy atom. The van der Waals surface area contributed by atoms with E-state index in [1.165, 1.54) is 7.11 Å². The Labute approximate surface area is 111 Å². The minimum Gasteiger partial charge on any atom is -0.467 e. The zero-order valence-electron chi connectivity index (χ0n) is 10.7. The predicted octanol–water partition coefficient (Wildman–Crippen LogP) is 1.45. The summed E-state index contributed by atoms with van der Waals surface area (Å²) < 4.78 is 15.0. The van der Waals surface area contributed by atoms with Crippen LogP contribution in [0.5, 0.6) is 0 Å². The van der Waals surface area contributed by atoms with Gasteiger partial charge in [-0.15, -0.1) is 0 Å². The van der Waals surface area contributed by atoms with E-state index in [0.717, 1.165) is 5.56 Å². The third-order valence-corrected chi connectivity index (χ3v) is 2.97. The molecule has 1 aromatic carbocycles. The fourth-order valence-electron chi connectivity index (χ4n) is 1.94. The average molecular weight is 264 g/mol. The van der Waals surface area contributed by atoms with Gasteiger partial charge in [0.15, 0.2) is 12.2 Å². The van der Waals surface area contributed by atoms with Crippen molar-refractivity contribution in [1.29, 1.82) is 0 Å². The van der Waals surface area contributed by atoms with Crippen LogP contribution in [0.1, 0.15) is 18.4 Å². The van der Waals surface area contributed by atoms with Crippen LogP contribution < -0.4 is 0 Å². The summed E-state index contributed by atoms with van der Waals surface area (Å²) in [5.74, 6) is -0.881. The van der Waals surface area contributed by atoms with Crippen molar-refractivity contribution in [2.24, 2.45) is 0 Å². The number of carbonyl (C=O) groups excluding carboxylic acids is 2. The van der Waals surface area contributed by atoms with Crippen LogP contribution in [0, 0.1) is 0 Å². The predicted molar refractivity (Wildman–Crippen MR) is 66.1 cm³/mol. The molecule has 0 spiro atoms. The SMILES string of the molecule is COC(=O)[C@@H]1CC[C@H](C(=O)OCc2ccccc2)O1. The Hall–Kier alpha value is -1.88. The van der Waals surface area contributed by atoms with E-state index in [1.807, 2.05) is 30.3 Å². The second-order valence-corrected chi connectivity index (χ2v) is 4.31. The van der Waals surface area contributed by atoms with Crippen LogP contribution in [0.2, 0.25) is 0 Å². The van der Waals surface area contributed by atoms with Crippen LogP contribution in [0.25, 0.3) is 0 Å². The number of carbonyl (C=O) groups is 2. The molecule has 0 N–H and O–H groups in total. The number of benzene rings is 1. The fraction of sp³-hybridized carbons (Fsp3) is 0.429. The van der Waals surface area contributed by atoms with Crippen molar-refractivity contribution in [3.05, 3.63) is 35.9 Å². The third-order valence-electron chi connectivity index (χ3n) is 2.97. The molecule has 0 amide bonds. The van der Waals surface area contributed by atoms with Gasteiger partial charge in [0, 0.05) is 0 Å². The molecule has 0 radical (unpaired) electrons. The van der Waals surface area contributed by atoms with Gasteiger partial charge in [-0.1, -0.05) is 30.3 Å². The van der Waals surface area contributed by atoms with Crippen LogP contribution in [0.15, 0.2) is 30.3 Å². The first-order valence-electron chi connectivity index (χ1n) is 6.14. The second kappa shape index (κ2) is 6.33. The Morgan fingerprint density at radius 3 is 2.42 bits per heavy atom. The minimum atomic E-state index is -0.673. The molecule has 5 nitrogen and oxygen atoms in total. The summed E-state index contributed by atoms with van der Waals surface area (Å²) in [7, 11) is 1.30. The van der Waals surface area contributed by atoms with Crippen LogP contribution in [-0.2, 0) is 30.4 Å². The normalized spacial score (nSPS) is 21.9. The number of esters is 2. The molecule has 0 saturated carbocycles. The molecule has 1 fully saturated rings. The highest BCUT2D eigenvalue weighted by molar-refractivity contribution is 5.79. The number of methoxy groups -OCH3 is 1. The molecule has 0 bridgehead atoms. The van der Waals surface area contributed by atoms with Crippen molar-refractivity contribution < 1.29 is 23.8 Å². The molecule has 2 rings (SSSR count). The fourth-order valence-corrected chi connectivity index (χ4v) is 1.94. The zero-order valence-corrected chi connectivity index (χ0v) is 10.7. The van der Waals surface area contributed by atoms with Crippen molar-refractivity contribution in [2.45, 2.75) is 31.7 Å². The maximum absolute atomic E-state index is 11.8. The summed E-state index contributed by atoms with van der Waals surface area (Å²) in [6, 6.07) is 9.40. The first-order chi connectivity index (χ1) is 9.20. The molecule has 2 atom stereocenters. The lowest BCUT2D eigenvalue weighted by Crippen LogP contribution is -2.27. The lowest BCUT2D eigenvalue weighted by atomic mass is 10.2. The summed E-state index contributed by atoms with van der Waals surface area (Å²) in [4.78, 5) is 23.0. The number of rotatable bonds is 4. The first kappa shape index (κ1) is 13.5. The van der Waals surface area contributed by atoms with Gasteiger partial charge in [-0.3, -0.25) is 0 Å². The van der Waals surface area contributed by atoms with Gasteiger partial charge in [-0.2, -0.15) is 0 Å².